The second-order valence-corrected chi connectivity index (χ2v) is 3.93. The van der Waals surface area contributed by atoms with E-state index in [0.29, 0.717) is 18.8 Å². The number of rotatable bonds is 4. The Kier molecular flexibility index (Phi) is 3.68. The molecule has 0 bridgehead atoms. The molecule has 0 unspecified atom stereocenters. The van der Waals surface area contributed by atoms with Gasteiger partial charge in [-0.05, 0) is 12.1 Å². The molecule has 0 aromatic carbocycles. The highest BCUT2D eigenvalue weighted by atomic mass is 19.4. The van der Waals surface area contributed by atoms with Crippen LogP contribution in [0.15, 0.2) is 24.7 Å². The Morgan fingerprint density at radius 2 is 2.16 bits per heavy atom. The minimum atomic E-state index is -4.42. The summed E-state index contributed by atoms with van der Waals surface area (Å²) in [5.41, 5.74) is -0.770. The fraction of sp³-hybridized carbons (Fsp3) is 0.364. The van der Waals surface area contributed by atoms with Crippen molar-refractivity contribution < 1.29 is 13.2 Å². The fourth-order valence-electron chi connectivity index (χ4n) is 1.60. The van der Waals surface area contributed by atoms with Crippen molar-refractivity contribution in [3.05, 3.63) is 36.0 Å². The van der Waals surface area contributed by atoms with Crippen LogP contribution in [0.3, 0.4) is 0 Å². The van der Waals surface area contributed by atoms with Crippen molar-refractivity contribution in [1.82, 2.24) is 19.7 Å². The number of aryl methyl sites for hydroxylation is 1. The summed E-state index contributed by atoms with van der Waals surface area (Å²) < 4.78 is 39.8. The molecule has 0 aliphatic carbocycles. The van der Waals surface area contributed by atoms with Crippen LogP contribution in [0.25, 0.3) is 0 Å². The molecule has 8 heteroatoms. The normalized spacial score (nSPS) is 11.6. The molecule has 0 aliphatic heterocycles. The summed E-state index contributed by atoms with van der Waals surface area (Å²) in [6.07, 6.45) is -1.09. The Balaban J connectivity index is 2.02. The van der Waals surface area contributed by atoms with Crippen molar-refractivity contribution in [2.75, 3.05) is 11.9 Å². The summed E-state index contributed by atoms with van der Waals surface area (Å²) in [5.74, 6) is 0.522. The van der Waals surface area contributed by atoms with Gasteiger partial charge in [-0.1, -0.05) is 0 Å². The van der Waals surface area contributed by atoms with Crippen LogP contribution in [-0.2, 0) is 19.6 Å². The Morgan fingerprint density at radius 3 is 2.79 bits per heavy atom. The first kappa shape index (κ1) is 13.3. The first-order chi connectivity index (χ1) is 8.98. The lowest BCUT2D eigenvalue weighted by molar-refractivity contribution is -0.137. The van der Waals surface area contributed by atoms with E-state index in [1.54, 1.807) is 11.6 Å². The maximum atomic E-state index is 12.7. The lowest BCUT2D eigenvalue weighted by atomic mass is 10.2. The first-order valence-electron chi connectivity index (χ1n) is 5.57. The lowest BCUT2D eigenvalue weighted by Crippen LogP contribution is -2.15. The smallest absolute Gasteiger partial charge is 0.369 e. The summed E-state index contributed by atoms with van der Waals surface area (Å²) in [5, 5.41) is 10.2. The van der Waals surface area contributed by atoms with E-state index in [4.69, 9.17) is 0 Å². The Labute approximate surface area is 107 Å². The molecule has 2 rings (SSSR count). The Hall–Kier alpha value is -2.12. The molecular formula is C11H12F3N5. The molecule has 19 heavy (non-hydrogen) atoms. The number of nitrogens with zero attached hydrogens (tertiary/aromatic N) is 4. The van der Waals surface area contributed by atoms with Gasteiger partial charge in [-0.25, -0.2) is 4.98 Å². The van der Waals surface area contributed by atoms with Gasteiger partial charge in [-0.2, -0.15) is 13.2 Å². The predicted molar refractivity (Wildman–Crippen MR) is 62.4 cm³/mol. The molecule has 2 aromatic rings. The SMILES string of the molecule is Cn1cnnc1CCNc1ncccc1C(F)(F)F. The second-order valence-electron chi connectivity index (χ2n) is 3.93. The maximum absolute atomic E-state index is 12.7. The predicted octanol–water partition coefficient (Wildman–Crippen LogP) is 1.88. The van der Waals surface area contributed by atoms with Crippen LogP contribution in [0.2, 0.25) is 0 Å². The fourth-order valence-corrected chi connectivity index (χ4v) is 1.60. The van der Waals surface area contributed by atoms with Crippen LogP contribution in [0, 0.1) is 0 Å². The van der Waals surface area contributed by atoms with Crippen molar-refractivity contribution in [1.29, 1.82) is 0 Å². The van der Waals surface area contributed by atoms with E-state index < -0.39 is 11.7 Å². The zero-order valence-corrected chi connectivity index (χ0v) is 10.1. The number of aromatic nitrogens is 4. The molecule has 0 aliphatic rings. The van der Waals surface area contributed by atoms with Crippen LogP contribution in [0.5, 0.6) is 0 Å². The summed E-state index contributed by atoms with van der Waals surface area (Å²) in [6, 6.07) is 2.26. The molecule has 1 N–H and O–H groups in total. The molecule has 5 nitrogen and oxygen atoms in total. The van der Waals surface area contributed by atoms with E-state index in [9.17, 15) is 13.2 Å². The average molecular weight is 271 g/mol. The highest BCUT2D eigenvalue weighted by Gasteiger charge is 2.33. The number of pyridine rings is 1. The van der Waals surface area contributed by atoms with Gasteiger partial charge >= 0.3 is 6.18 Å². The Morgan fingerprint density at radius 1 is 1.37 bits per heavy atom. The third-order valence-corrected chi connectivity index (χ3v) is 2.56. The molecule has 0 saturated heterocycles. The van der Waals surface area contributed by atoms with Gasteiger partial charge in [0.2, 0.25) is 0 Å². The molecule has 0 fully saturated rings. The number of nitrogens with one attached hydrogen (secondary N) is 1. The van der Waals surface area contributed by atoms with Gasteiger partial charge in [0.1, 0.15) is 18.0 Å². The molecule has 0 atom stereocenters. The molecule has 0 radical (unpaired) electrons. The van der Waals surface area contributed by atoms with Crippen LogP contribution < -0.4 is 5.32 Å². The van der Waals surface area contributed by atoms with Crippen LogP contribution in [0.4, 0.5) is 19.0 Å². The minimum Gasteiger partial charge on any atom is -0.369 e. The number of halogens is 3. The largest absolute Gasteiger partial charge is 0.419 e. The van der Waals surface area contributed by atoms with Gasteiger partial charge in [0.25, 0.3) is 0 Å². The van der Waals surface area contributed by atoms with Crippen molar-refractivity contribution in [2.45, 2.75) is 12.6 Å². The molecular weight excluding hydrogens is 259 g/mol. The quantitative estimate of drug-likeness (QED) is 0.922. The third kappa shape index (κ3) is 3.21. The molecule has 0 spiro atoms. The standard InChI is InChI=1S/C11H12F3N5/c1-19-7-17-18-9(19)4-6-16-10-8(11(12,13)14)3-2-5-15-10/h2-3,5,7H,4,6H2,1H3,(H,15,16). The monoisotopic (exact) mass is 271 g/mol. The highest BCUT2D eigenvalue weighted by molar-refractivity contribution is 5.45. The van der Waals surface area contributed by atoms with Crippen LogP contribution in [-0.4, -0.2) is 26.3 Å². The molecule has 2 heterocycles. The van der Waals surface area contributed by atoms with E-state index in [1.165, 1.54) is 18.6 Å². The molecule has 2 aromatic heterocycles. The van der Waals surface area contributed by atoms with Gasteiger partial charge in [0.05, 0.1) is 5.56 Å². The number of anilines is 1. The van der Waals surface area contributed by atoms with Gasteiger partial charge in [0, 0.05) is 26.2 Å². The lowest BCUT2D eigenvalue weighted by Gasteiger charge is -2.12. The highest BCUT2D eigenvalue weighted by Crippen LogP contribution is 2.33. The summed E-state index contributed by atoms with van der Waals surface area (Å²) in [4.78, 5) is 3.71. The zero-order valence-electron chi connectivity index (χ0n) is 10.1. The zero-order chi connectivity index (χ0) is 13.9. The summed E-state index contributed by atoms with van der Waals surface area (Å²) >= 11 is 0. The second kappa shape index (κ2) is 5.25. The van der Waals surface area contributed by atoms with Crippen molar-refractivity contribution in [3.63, 3.8) is 0 Å². The van der Waals surface area contributed by atoms with Gasteiger partial charge in [-0.15, -0.1) is 10.2 Å². The van der Waals surface area contributed by atoms with E-state index in [0.717, 1.165) is 6.07 Å². The first-order valence-corrected chi connectivity index (χ1v) is 5.57. The minimum absolute atomic E-state index is 0.169. The summed E-state index contributed by atoms with van der Waals surface area (Å²) in [6.45, 7) is 0.298. The number of hydrogen-bond acceptors (Lipinski definition) is 4. The Bertz CT molecular complexity index is 549. The molecule has 102 valence electrons. The third-order valence-electron chi connectivity index (χ3n) is 2.56. The van der Waals surface area contributed by atoms with Crippen molar-refractivity contribution in [2.24, 2.45) is 7.05 Å². The number of alkyl halides is 3. The molecule has 0 saturated carbocycles. The van der Waals surface area contributed by atoms with Gasteiger partial charge < -0.3 is 9.88 Å². The van der Waals surface area contributed by atoms with Gasteiger partial charge in [-0.3, -0.25) is 0 Å². The van der Waals surface area contributed by atoms with Crippen LogP contribution in [0.1, 0.15) is 11.4 Å². The van der Waals surface area contributed by atoms with E-state index in [1.807, 2.05) is 0 Å². The van der Waals surface area contributed by atoms with Crippen LogP contribution >= 0.6 is 0 Å². The maximum Gasteiger partial charge on any atom is 0.419 e. The molecule has 0 amide bonds. The number of hydrogen-bond donors (Lipinski definition) is 1. The van der Waals surface area contributed by atoms with Crippen molar-refractivity contribution >= 4 is 5.82 Å². The van der Waals surface area contributed by atoms with Crippen molar-refractivity contribution in [3.8, 4) is 0 Å². The van der Waals surface area contributed by atoms with E-state index in [-0.39, 0.29) is 5.82 Å². The average Bonchev–Trinajstić information content (AvgIpc) is 2.75. The summed E-state index contributed by atoms with van der Waals surface area (Å²) in [7, 11) is 1.78. The van der Waals surface area contributed by atoms with E-state index >= 15 is 0 Å². The van der Waals surface area contributed by atoms with E-state index in [2.05, 4.69) is 20.5 Å². The topological polar surface area (TPSA) is 55.6 Å². The van der Waals surface area contributed by atoms with Gasteiger partial charge in [0.15, 0.2) is 0 Å².